The van der Waals surface area contributed by atoms with Crippen LogP contribution in [0.1, 0.15) is 44.7 Å². The molecule has 0 saturated heterocycles. The zero-order chi connectivity index (χ0) is 14.7. The maximum Gasteiger partial charge on any atom is 0.0538 e. The van der Waals surface area contributed by atoms with Crippen LogP contribution in [-0.4, -0.2) is 41.4 Å². The summed E-state index contributed by atoms with van der Waals surface area (Å²) >= 11 is 0. The molecule has 2 rings (SSSR count). The molecule has 0 spiro atoms. The third-order valence-electron chi connectivity index (χ3n) is 4.74. The van der Waals surface area contributed by atoms with E-state index in [4.69, 9.17) is 0 Å². The van der Waals surface area contributed by atoms with Crippen LogP contribution in [0.25, 0.3) is 0 Å². The molecule has 1 aliphatic carbocycles. The standard InChI is InChI=1S/C16H30N4/c1-12-6-7-15(13(2)8-12)17-10-16(19(3)4)14-9-18-20(5)11-14/h9,11-13,15-17H,6-8,10H2,1-5H3/t12-,13+,15+,16-/m1/s1. The van der Waals surface area contributed by atoms with Crippen molar-refractivity contribution in [1.29, 1.82) is 0 Å². The lowest BCUT2D eigenvalue weighted by molar-refractivity contribution is 0.205. The highest BCUT2D eigenvalue weighted by molar-refractivity contribution is 5.11. The molecule has 1 N–H and O–H groups in total. The Labute approximate surface area is 123 Å². The van der Waals surface area contributed by atoms with Gasteiger partial charge in [0.25, 0.3) is 0 Å². The van der Waals surface area contributed by atoms with Gasteiger partial charge in [-0.3, -0.25) is 4.68 Å². The Balaban J connectivity index is 1.93. The van der Waals surface area contributed by atoms with Gasteiger partial charge in [-0.25, -0.2) is 0 Å². The molecule has 0 unspecified atom stereocenters. The Morgan fingerprint density at radius 1 is 1.40 bits per heavy atom. The summed E-state index contributed by atoms with van der Waals surface area (Å²) in [6.07, 6.45) is 8.14. The Morgan fingerprint density at radius 2 is 2.15 bits per heavy atom. The van der Waals surface area contributed by atoms with Crippen molar-refractivity contribution < 1.29 is 0 Å². The summed E-state index contributed by atoms with van der Waals surface area (Å²) in [6, 6.07) is 1.07. The van der Waals surface area contributed by atoms with Crippen LogP contribution in [0, 0.1) is 11.8 Å². The number of nitrogens with one attached hydrogen (secondary N) is 1. The van der Waals surface area contributed by atoms with Crippen LogP contribution in [0.5, 0.6) is 0 Å². The summed E-state index contributed by atoms with van der Waals surface area (Å²) in [6.45, 7) is 5.77. The van der Waals surface area contributed by atoms with E-state index in [1.807, 2.05) is 17.9 Å². The van der Waals surface area contributed by atoms with Crippen molar-refractivity contribution in [2.75, 3.05) is 20.6 Å². The van der Waals surface area contributed by atoms with Crippen LogP contribution < -0.4 is 5.32 Å². The van der Waals surface area contributed by atoms with Gasteiger partial charge in [-0.1, -0.05) is 13.8 Å². The molecular weight excluding hydrogens is 248 g/mol. The topological polar surface area (TPSA) is 33.1 Å². The molecule has 1 aliphatic rings. The van der Waals surface area contributed by atoms with Crippen LogP contribution >= 0.6 is 0 Å². The lowest BCUT2D eigenvalue weighted by Gasteiger charge is -2.35. The van der Waals surface area contributed by atoms with Gasteiger partial charge < -0.3 is 10.2 Å². The van der Waals surface area contributed by atoms with Crippen molar-refractivity contribution in [3.63, 3.8) is 0 Å². The number of aromatic nitrogens is 2. The van der Waals surface area contributed by atoms with E-state index in [1.165, 1.54) is 24.8 Å². The zero-order valence-corrected chi connectivity index (χ0v) is 13.6. The number of aryl methyl sites for hydroxylation is 1. The number of hydrogen-bond acceptors (Lipinski definition) is 3. The average Bonchev–Trinajstić information content (AvgIpc) is 2.78. The van der Waals surface area contributed by atoms with E-state index in [9.17, 15) is 0 Å². The molecule has 1 aromatic heterocycles. The van der Waals surface area contributed by atoms with E-state index >= 15 is 0 Å². The molecule has 0 bridgehead atoms. The second-order valence-electron chi connectivity index (χ2n) is 6.84. The molecule has 0 amide bonds. The normalized spacial score (nSPS) is 28.8. The van der Waals surface area contributed by atoms with E-state index in [2.05, 4.69) is 49.5 Å². The summed E-state index contributed by atoms with van der Waals surface area (Å²) < 4.78 is 1.89. The molecule has 0 aliphatic heterocycles. The SMILES string of the molecule is C[C@@H]1CC[C@H](NC[C@H](c2cnn(C)c2)N(C)C)[C@@H](C)C1. The van der Waals surface area contributed by atoms with Crippen molar-refractivity contribution in [2.24, 2.45) is 18.9 Å². The van der Waals surface area contributed by atoms with Gasteiger partial charge in [0.15, 0.2) is 0 Å². The minimum Gasteiger partial charge on any atom is -0.312 e. The molecule has 1 saturated carbocycles. The van der Waals surface area contributed by atoms with Gasteiger partial charge in [-0.15, -0.1) is 0 Å². The summed E-state index contributed by atoms with van der Waals surface area (Å²) in [5, 5.41) is 8.10. The predicted molar refractivity (Wildman–Crippen MR) is 83.6 cm³/mol. The molecule has 1 aromatic rings. The van der Waals surface area contributed by atoms with Crippen LogP contribution in [0.4, 0.5) is 0 Å². The van der Waals surface area contributed by atoms with Crippen LogP contribution in [0.2, 0.25) is 0 Å². The van der Waals surface area contributed by atoms with Crippen molar-refractivity contribution in [3.05, 3.63) is 18.0 Å². The Morgan fingerprint density at radius 3 is 2.70 bits per heavy atom. The van der Waals surface area contributed by atoms with Gasteiger partial charge in [0.05, 0.1) is 6.20 Å². The molecule has 20 heavy (non-hydrogen) atoms. The largest absolute Gasteiger partial charge is 0.312 e. The minimum atomic E-state index is 0.398. The smallest absolute Gasteiger partial charge is 0.0538 e. The van der Waals surface area contributed by atoms with Gasteiger partial charge in [0, 0.05) is 37.4 Å². The second-order valence-corrected chi connectivity index (χ2v) is 6.84. The molecule has 0 aromatic carbocycles. The van der Waals surface area contributed by atoms with Gasteiger partial charge in [0.2, 0.25) is 0 Å². The number of likely N-dealkylation sites (N-methyl/N-ethyl adjacent to an activating group) is 1. The number of hydrogen-bond donors (Lipinski definition) is 1. The maximum atomic E-state index is 4.30. The second kappa shape index (κ2) is 6.72. The number of rotatable bonds is 5. The van der Waals surface area contributed by atoms with Crippen molar-refractivity contribution in [2.45, 2.75) is 45.2 Å². The fraction of sp³-hybridized carbons (Fsp3) is 0.812. The fourth-order valence-corrected chi connectivity index (χ4v) is 3.44. The lowest BCUT2D eigenvalue weighted by atomic mass is 9.80. The van der Waals surface area contributed by atoms with Gasteiger partial charge in [0.1, 0.15) is 0 Å². The number of nitrogens with zero attached hydrogens (tertiary/aromatic N) is 3. The molecule has 4 heteroatoms. The molecule has 1 fully saturated rings. The van der Waals surface area contributed by atoms with E-state index in [1.54, 1.807) is 0 Å². The Kier molecular flexibility index (Phi) is 5.22. The molecule has 4 nitrogen and oxygen atoms in total. The van der Waals surface area contributed by atoms with Crippen molar-refractivity contribution in [3.8, 4) is 0 Å². The first-order valence-corrected chi connectivity index (χ1v) is 7.85. The summed E-state index contributed by atoms with van der Waals surface area (Å²) in [5.41, 5.74) is 1.29. The summed E-state index contributed by atoms with van der Waals surface area (Å²) in [4.78, 5) is 2.28. The molecule has 1 heterocycles. The van der Waals surface area contributed by atoms with Gasteiger partial charge >= 0.3 is 0 Å². The van der Waals surface area contributed by atoms with E-state index in [0.29, 0.717) is 12.1 Å². The monoisotopic (exact) mass is 278 g/mol. The predicted octanol–water partition coefficient (Wildman–Crippen LogP) is 2.44. The highest BCUT2D eigenvalue weighted by Crippen LogP contribution is 2.29. The van der Waals surface area contributed by atoms with Crippen LogP contribution in [0.15, 0.2) is 12.4 Å². The Hall–Kier alpha value is -0.870. The van der Waals surface area contributed by atoms with Gasteiger partial charge in [-0.05, 0) is 45.2 Å². The van der Waals surface area contributed by atoms with Gasteiger partial charge in [-0.2, -0.15) is 5.10 Å². The van der Waals surface area contributed by atoms with E-state index in [0.717, 1.165) is 18.4 Å². The summed E-state index contributed by atoms with van der Waals surface area (Å²) in [5.74, 6) is 1.68. The van der Waals surface area contributed by atoms with E-state index in [-0.39, 0.29) is 0 Å². The maximum absolute atomic E-state index is 4.30. The Bertz CT molecular complexity index is 412. The quantitative estimate of drug-likeness (QED) is 0.898. The molecule has 114 valence electrons. The zero-order valence-electron chi connectivity index (χ0n) is 13.6. The highest BCUT2D eigenvalue weighted by Gasteiger charge is 2.26. The minimum absolute atomic E-state index is 0.398. The fourth-order valence-electron chi connectivity index (χ4n) is 3.44. The average molecular weight is 278 g/mol. The molecule has 4 atom stereocenters. The van der Waals surface area contributed by atoms with Crippen molar-refractivity contribution in [1.82, 2.24) is 20.0 Å². The first-order chi connectivity index (χ1) is 9.47. The third kappa shape index (κ3) is 3.83. The van der Waals surface area contributed by atoms with Crippen LogP contribution in [-0.2, 0) is 7.05 Å². The third-order valence-corrected chi connectivity index (χ3v) is 4.74. The van der Waals surface area contributed by atoms with Crippen LogP contribution in [0.3, 0.4) is 0 Å². The van der Waals surface area contributed by atoms with Crippen molar-refractivity contribution >= 4 is 0 Å². The summed E-state index contributed by atoms with van der Waals surface area (Å²) in [7, 11) is 6.27. The molecule has 0 radical (unpaired) electrons. The lowest BCUT2D eigenvalue weighted by Crippen LogP contribution is -2.42. The molecular formula is C16H30N4. The van der Waals surface area contributed by atoms with E-state index < -0.39 is 0 Å². The first kappa shape index (κ1) is 15.5. The first-order valence-electron chi connectivity index (χ1n) is 7.85. The highest BCUT2D eigenvalue weighted by atomic mass is 15.2.